The molecular weight excluding hydrogens is 264 g/mol. The summed E-state index contributed by atoms with van der Waals surface area (Å²) in [4.78, 5) is 6.74. The first kappa shape index (κ1) is 15.8. The monoisotopic (exact) mass is 290 g/mol. The third kappa shape index (κ3) is 3.54. The second kappa shape index (κ2) is 5.66. The van der Waals surface area contributed by atoms with Gasteiger partial charge in [-0.15, -0.1) is 0 Å². The van der Waals surface area contributed by atoms with E-state index in [9.17, 15) is 5.11 Å². The van der Waals surface area contributed by atoms with E-state index in [0.717, 1.165) is 24.1 Å². The lowest BCUT2D eigenvalue weighted by atomic mass is 9.92. The number of nitrogens with two attached hydrogens (primary N) is 1. The highest BCUT2D eigenvalue weighted by Crippen LogP contribution is 2.27. The predicted molar refractivity (Wildman–Crippen MR) is 87.1 cm³/mol. The molecule has 1 aromatic heterocycles. The summed E-state index contributed by atoms with van der Waals surface area (Å²) in [6.07, 6.45) is -0.603. The molecule has 0 aliphatic heterocycles. The molecule has 0 bridgehead atoms. The molecule has 0 saturated heterocycles. The normalized spacial score (nSPS) is 14.0. The molecule has 1 unspecified atom stereocenters. The van der Waals surface area contributed by atoms with Crippen LogP contribution in [-0.4, -0.2) is 40.2 Å². The second-order valence-corrected chi connectivity index (χ2v) is 6.88. The molecule has 3 N–H and O–H groups in total. The number of benzene rings is 1. The van der Waals surface area contributed by atoms with E-state index in [4.69, 9.17) is 5.73 Å². The number of aliphatic hydroxyl groups excluding tert-OH is 1. The molecule has 21 heavy (non-hydrogen) atoms. The number of imidazole rings is 1. The third-order valence-corrected chi connectivity index (χ3v) is 3.51. The van der Waals surface area contributed by atoms with Gasteiger partial charge in [-0.2, -0.15) is 0 Å². The summed E-state index contributed by atoms with van der Waals surface area (Å²) in [5, 5.41) is 10.0. The van der Waals surface area contributed by atoms with Crippen LogP contribution >= 0.6 is 0 Å². The molecule has 5 nitrogen and oxygen atoms in total. The van der Waals surface area contributed by atoms with Crippen LogP contribution in [0.5, 0.6) is 0 Å². The van der Waals surface area contributed by atoms with Gasteiger partial charge in [0.05, 0.1) is 11.0 Å². The van der Waals surface area contributed by atoms with Crippen molar-refractivity contribution in [2.24, 2.45) is 5.41 Å². The number of nitrogen functional groups attached to an aromatic ring is 1. The van der Waals surface area contributed by atoms with Gasteiger partial charge in [0.15, 0.2) is 0 Å². The Hall–Kier alpha value is -1.59. The molecule has 5 heteroatoms. The van der Waals surface area contributed by atoms with Gasteiger partial charge in [0.2, 0.25) is 0 Å². The largest absolute Gasteiger partial charge is 0.399 e. The molecule has 0 aliphatic rings. The van der Waals surface area contributed by atoms with Gasteiger partial charge in [-0.25, -0.2) is 4.98 Å². The van der Waals surface area contributed by atoms with Crippen LogP contribution in [0, 0.1) is 5.41 Å². The molecule has 2 aromatic rings. The number of hydrogen-bond acceptors (Lipinski definition) is 4. The summed E-state index contributed by atoms with van der Waals surface area (Å²) in [6.45, 7) is 7.96. The average molecular weight is 290 g/mol. The zero-order valence-corrected chi connectivity index (χ0v) is 13.6. The fraction of sp³-hybridized carbons (Fsp3) is 0.562. The molecule has 0 amide bonds. The molecule has 0 aliphatic carbocycles. The van der Waals surface area contributed by atoms with Gasteiger partial charge in [0, 0.05) is 18.8 Å². The molecule has 1 heterocycles. The number of aliphatic hydroxyl groups is 1. The minimum Gasteiger partial charge on any atom is -0.399 e. The Morgan fingerprint density at radius 2 is 2.05 bits per heavy atom. The first-order valence-corrected chi connectivity index (χ1v) is 7.28. The maximum Gasteiger partial charge on any atom is 0.138 e. The Labute approximate surface area is 126 Å². The SMILES string of the molecule is CC(O)c1nc2cc(N)ccc2n1CC(C)(C)CN(C)C. The molecule has 0 fully saturated rings. The van der Waals surface area contributed by atoms with Crippen LogP contribution in [0.25, 0.3) is 11.0 Å². The van der Waals surface area contributed by atoms with Crippen molar-refractivity contribution in [1.82, 2.24) is 14.5 Å². The van der Waals surface area contributed by atoms with E-state index in [1.807, 2.05) is 18.2 Å². The fourth-order valence-electron chi connectivity index (χ4n) is 2.98. The summed E-state index contributed by atoms with van der Waals surface area (Å²) >= 11 is 0. The maximum atomic E-state index is 10.0. The standard InChI is InChI=1S/C16H26N4O/c1-11(21)15-18-13-8-12(17)6-7-14(13)20(15)10-16(2,3)9-19(4)5/h6-8,11,21H,9-10,17H2,1-5H3. The highest BCUT2D eigenvalue weighted by molar-refractivity contribution is 5.79. The highest BCUT2D eigenvalue weighted by atomic mass is 16.3. The first-order valence-electron chi connectivity index (χ1n) is 7.28. The topological polar surface area (TPSA) is 67.3 Å². The van der Waals surface area contributed by atoms with Crippen molar-refractivity contribution in [3.05, 3.63) is 24.0 Å². The molecule has 0 spiro atoms. The average Bonchev–Trinajstić information content (AvgIpc) is 2.64. The molecule has 0 saturated carbocycles. The Kier molecular flexibility index (Phi) is 4.25. The number of rotatable bonds is 5. The van der Waals surface area contributed by atoms with E-state index in [-0.39, 0.29) is 5.41 Å². The zero-order valence-electron chi connectivity index (χ0n) is 13.6. The zero-order chi connectivity index (χ0) is 15.8. The molecule has 0 radical (unpaired) electrons. The van der Waals surface area contributed by atoms with Gasteiger partial charge in [-0.1, -0.05) is 13.8 Å². The Balaban J connectivity index is 2.48. The van der Waals surface area contributed by atoms with E-state index in [0.29, 0.717) is 11.5 Å². The molecule has 116 valence electrons. The van der Waals surface area contributed by atoms with Crippen molar-refractivity contribution in [1.29, 1.82) is 0 Å². The number of aromatic nitrogens is 2. The van der Waals surface area contributed by atoms with Crippen LogP contribution in [0.1, 0.15) is 32.7 Å². The van der Waals surface area contributed by atoms with Crippen molar-refractivity contribution in [3.63, 3.8) is 0 Å². The molecule has 1 aromatic carbocycles. The summed E-state index contributed by atoms with van der Waals surface area (Å²) < 4.78 is 2.11. The van der Waals surface area contributed by atoms with Crippen molar-refractivity contribution >= 4 is 16.7 Å². The van der Waals surface area contributed by atoms with E-state index in [1.165, 1.54) is 0 Å². The van der Waals surface area contributed by atoms with Gasteiger partial charge < -0.3 is 20.3 Å². The predicted octanol–water partition coefficient (Wildman–Crippen LogP) is 2.26. The number of anilines is 1. The van der Waals surface area contributed by atoms with Crippen LogP contribution in [0.15, 0.2) is 18.2 Å². The number of nitrogens with zero attached hydrogens (tertiary/aromatic N) is 3. The van der Waals surface area contributed by atoms with Crippen LogP contribution < -0.4 is 5.73 Å². The smallest absolute Gasteiger partial charge is 0.138 e. The van der Waals surface area contributed by atoms with Crippen LogP contribution in [0.2, 0.25) is 0 Å². The maximum absolute atomic E-state index is 10.0. The number of hydrogen-bond donors (Lipinski definition) is 2. The van der Waals surface area contributed by atoms with E-state index in [1.54, 1.807) is 6.92 Å². The minimum absolute atomic E-state index is 0.0716. The van der Waals surface area contributed by atoms with Gasteiger partial charge >= 0.3 is 0 Å². The van der Waals surface area contributed by atoms with Gasteiger partial charge in [0.1, 0.15) is 11.9 Å². The lowest BCUT2D eigenvalue weighted by molar-refractivity contribution is 0.170. The van der Waals surface area contributed by atoms with Crippen molar-refractivity contribution < 1.29 is 5.11 Å². The van der Waals surface area contributed by atoms with E-state index in [2.05, 4.69) is 42.4 Å². The Morgan fingerprint density at radius 3 is 2.62 bits per heavy atom. The quantitative estimate of drug-likeness (QED) is 0.829. The summed E-state index contributed by atoms with van der Waals surface area (Å²) in [5.41, 5.74) is 8.46. The third-order valence-electron chi connectivity index (χ3n) is 3.51. The lowest BCUT2D eigenvalue weighted by Crippen LogP contribution is -2.33. The van der Waals surface area contributed by atoms with Gasteiger partial charge in [0.25, 0.3) is 0 Å². The van der Waals surface area contributed by atoms with Crippen molar-refractivity contribution in [2.45, 2.75) is 33.4 Å². The Morgan fingerprint density at radius 1 is 1.38 bits per heavy atom. The number of fused-ring (bicyclic) bond motifs is 1. The van der Waals surface area contributed by atoms with E-state index >= 15 is 0 Å². The van der Waals surface area contributed by atoms with Crippen molar-refractivity contribution in [3.8, 4) is 0 Å². The van der Waals surface area contributed by atoms with Crippen molar-refractivity contribution in [2.75, 3.05) is 26.4 Å². The highest BCUT2D eigenvalue weighted by Gasteiger charge is 2.24. The summed E-state index contributed by atoms with van der Waals surface area (Å²) in [6, 6.07) is 5.72. The molecular formula is C16H26N4O. The fourth-order valence-corrected chi connectivity index (χ4v) is 2.98. The van der Waals surface area contributed by atoms with E-state index < -0.39 is 6.10 Å². The molecule has 2 rings (SSSR count). The van der Waals surface area contributed by atoms with Crippen LogP contribution in [0.3, 0.4) is 0 Å². The molecule has 1 atom stereocenters. The van der Waals surface area contributed by atoms with Crippen LogP contribution in [0.4, 0.5) is 5.69 Å². The second-order valence-electron chi connectivity index (χ2n) is 6.88. The van der Waals surface area contributed by atoms with Gasteiger partial charge in [-0.3, -0.25) is 0 Å². The summed E-state index contributed by atoms with van der Waals surface area (Å²) in [7, 11) is 4.15. The summed E-state index contributed by atoms with van der Waals surface area (Å²) in [5.74, 6) is 0.697. The lowest BCUT2D eigenvalue weighted by Gasteiger charge is -2.30. The minimum atomic E-state index is -0.603. The first-order chi connectivity index (χ1) is 9.69. The van der Waals surface area contributed by atoms with Crippen LogP contribution in [-0.2, 0) is 6.54 Å². The van der Waals surface area contributed by atoms with Gasteiger partial charge in [-0.05, 0) is 44.6 Å². The Bertz CT molecular complexity index is 628.